The van der Waals surface area contributed by atoms with Crippen molar-refractivity contribution in [3.05, 3.63) is 54.0 Å². The van der Waals surface area contributed by atoms with Crippen molar-refractivity contribution in [2.24, 2.45) is 0 Å². The maximum absolute atomic E-state index is 13.7. The van der Waals surface area contributed by atoms with E-state index in [0.29, 0.717) is 45.5 Å². The predicted molar refractivity (Wildman–Crippen MR) is 151 cm³/mol. The van der Waals surface area contributed by atoms with Crippen molar-refractivity contribution >= 4 is 38.3 Å². The van der Waals surface area contributed by atoms with Gasteiger partial charge in [-0.2, -0.15) is 5.10 Å². The van der Waals surface area contributed by atoms with Gasteiger partial charge in [0, 0.05) is 41.2 Å². The molecule has 3 N–H and O–H groups in total. The topological polar surface area (TPSA) is 166 Å². The Morgan fingerprint density at radius 3 is 2.39 bits per heavy atom. The first-order valence-corrected chi connectivity index (χ1v) is 14.2. The Labute approximate surface area is 235 Å². The first kappa shape index (κ1) is 26.4. The normalized spacial score (nSPS) is 13.3. The number of anilines is 3. The Kier molecular flexibility index (Phi) is 6.61. The second kappa shape index (κ2) is 10.3. The highest BCUT2D eigenvalue weighted by molar-refractivity contribution is 7.93. The van der Waals surface area contributed by atoms with Gasteiger partial charge in [-0.15, -0.1) is 0 Å². The number of aromatic nitrogens is 5. The minimum absolute atomic E-state index is 0.0316. The number of hydrogen-bond acceptors (Lipinski definition) is 11. The zero-order valence-corrected chi connectivity index (χ0v) is 23.5. The summed E-state index contributed by atoms with van der Waals surface area (Å²) >= 11 is 0. The summed E-state index contributed by atoms with van der Waals surface area (Å²) in [6.45, 7) is 1.83. The summed E-state index contributed by atoms with van der Waals surface area (Å²) in [5, 5.41) is 14.9. The number of rotatable bonds is 10. The van der Waals surface area contributed by atoms with E-state index in [1.807, 2.05) is 13.0 Å². The second-order valence-electron chi connectivity index (χ2n) is 9.52. The van der Waals surface area contributed by atoms with E-state index < -0.39 is 10.0 Å². The number of benzene rings is 2. The van der Waals surface area contributed by atoms with Crippen LogP contribution in [0.5, 0.6) is 17.2 Å². The van der Waals surface area contributed by atoms with Crippen LogP contribution in [0, 0.1) is 6.92 Å². The number of aryl methyl sites for hydroxylation is 1. The fourth-order valence-corrected chi connectivity index (χ4v) is 5.81. The molecule has 3 aromatic heterocycles. The van der Waals surface area contributed by atoms with E-state index in [0.717, 1.165) is 24.2 Å². The van der Waals surface area contributed by atoms with E-state index in [-0.39, 0.29) is 22.2 Å². The molecule has 0 bridgehead atoms. The molecule has 14 heteroatoms. The summed E-state index contributed by atoms with van der Waals surface area (Å²) in [7, 11) is -0.0308. The van der Waals surface area contributed by atoms with Gasteiger partial charge >= 0.3 is 0 Å². The maximum atomic E-state index is 13.7. The minimum Gasteiger partial charge on any atom is -0.495 e. The number of ether oxygens (including phenoxy) is 3. The molecule has 1 aliphatic carbocycles. The van der Waals surface area contributed by atoms with Crippen molar-refractivity contribution in [2.45, 2.75) is 30.6 Å². The van der Waals surface area contributed by atoms with Crippen molar-refractivity contribution in [1.82, 2.24) is 25.3 Å². The Morgan fingerprint density at radius 1 is 1.00 bits per heavy atom. The standard InChI is InChI=1S/C27H27N7O6S/c1-14-7-8-28-26(29-14)16-9-22(38-3)25(23(10-16)39-4)41(35,36)34-27-17-11-21(37-2)19(12-20(17)40-33-27)30-24-13-18(31-32-24)15-5-6-15/h7-13,15H,5-6H2,1-4H3,(H,33,34)(H2,30,31,32). The van der Waals surface area contributed by atoms with E-state index in [1.54, 1.807) is 24.4 Å². The third kappa shape index (κ3) is 5.09. The number of aromatic amines is 1. The molecule has 2 aromatic carbocycles. The molecule has 1 aliphatic rings. The molecular formula is C27H27N7O6S. The predicted octanol–water partition coefficient (Wildman–Crippen LogP) is 4.76. The van der Waals surface area contributed by atoms with E-state index in [1.165, 1.54) is 33.5 Å². The van der Waals surface area contributed by atoms with Crippen molar-refractivity contribution in [3.8, 4) is 28.6 Å². The SMILES string of the molecule is COc1cc2c(NS(=O)(=O)c3c(OC)cc(-c4nccc(C)n4)cc3OC)noc2cc1Nc1cc(C2CC2)[nH]n1. The number of nitrogens with zero attached hydrogens (tertiary/aromatic N) is 4. The molecule has 3 heterocycles. The number of sulfonamides is 1. The molecule has 1 fully saturated rings. The summed E-state index contributed by atoms with van der Waals surface area (Å²) in [6, 6.07) is 10.1. The summed E-state index contributed by atoms with van der Waals surface area (Å²) in [5.74, 6) is 2.04. The summed E-state index contributed by atoms with van der Waals surface area (Å²) in [5.41, 5.74) is 3.27. The molecule has 41 heavy (non-hydrogen) atoms. The van der Waals surface area contributed by atoms with Crippen LogP contribution in [0.3, 0.4) is 0 Å². The molecule has 0 atom stereocenters. The number of fused-ring (bicyclic) bond motifs is 1. The zero-order chi connectivity index (χ0) is 28.7. The molecule has 0 radical (unpaired) electrons. The van der Waals surface area contributed by atoms with Gasteiger partial charge in [-0.25, -0.2) is 18.4 Å². The first-order valence-electron chi connectivity index (χ1n) is 12.7. The van der Waals surface area contributed by atoms with Crippen LogP contribution < -0.4 is 24.2 Å². The van der Waals surface area contributed by atoms with Gasteiger partial charge in [0.25, 0.3) is 10.0 Å². The van der Waals surface area contributed by atoms with Crippen LogP contribution in [0.4, 0.5) is 17.3 Å². The molecular weight excluding hydrogens is 550 g/mol. The van der Waals surface area contributed by atoms with Gasteiger partial charge < -0.3 is 24.1 Å². The van der Waals surface area contributed by atoms with Crippen LogP contribution in [0.25, 0.3) is 22.4 Å². The Hall–Kier alpha value is -4.85. The molecule has 0 spiro atoms. The number of H-pyrrole nitrogens is 1. The van der Waals surface area contributed by atoms with Gasteiger partial charge in [0.2, 0.25) is 0 Å². The van der Waals surface area contributed by atoms with Crippen LogP contribution in [-0.2, 0) is 10.0 Å². The van der Waals surface area contributed by atoms with Crippen molar-refractivity contribution < 1.29 is 27.2 Å². The lowest BCUT2D eigenvalue weighted by Gasteiger charge is -2.16. The van der Waals surface area contributed by atoms with Gasteiger partial charge in [-0.3, -0.25) is 9.82 Å². The Morgan fingerprint density at radius 2 is 1.73 bits per heavy atom. The molecule has 5 aromatic rings. The molecule has 6 rings (SSSR count). The van der Waals surface area contributed by atoms with Gasteiger partial charge in [0.05, 0.1) is 32.4 Å². The summed E-state index contributed by atoms with van der Waals surface area (Å²) < 4.78 is 51.9. The number of methoxy groups -OCH3 is 3. The smallest absolute Gasteiger partial charge is 0.270 e. The van der Waals surface area contributed by atoms with Crippen molar-refractivity contribution in [3.63, 3.8) is 0 Å². The summed E-state index contributed by atoms with van der Waals surface area (Å²) in [4.78, 5) is 8.47. The largest absolute Gasteiger partial charge is 0.495 e. The van der Waals surface area contributed by atoms with Gasteiger partial charge in [-0.1, -0.05) is 5.16 Å². The molecule has 0 amide bonds. The highest BCUT2D eigenvalue weighted by Gasteiger charge is 2.29. The van der Waals surface area contributed by atoms with Crippen LogP contribution in [-0.4, -0.2) is 55.1 Å². The Bertz CT molecular complexity index is 1840. The molecule has 0 unspecified atom stereocenters. The van der Waals surface area contributed by atoms with Gasteiger partial charge in [0.1, 0.15) is 17.2 Å². The van der Waals surface area contributed by atoms with Crippen molar-refractivity contribution in [2.75, 3.05) is 31.4 Å². The van der Waals surface area contributed by atoms with Crippen LogP contribution in [0.2, 0.25) is 0 Å². The lowest BCUT2D eigenvalue weighted by atomic mass is 10.2. The molecule has 1 saturated carbocycles. The quantitative estimate of drug-likeness (QED) is 0.209. The van der Waals surface area contributed by atoms with Crippen molar-refractivity contribution in [1.29, 1.82) is 0 Å². The molecule has 13 nitrogen and oxygen atoms in total. The van der Waals surface area contributed by atoms with Crippen LogP contribution >= 0.6 is 0 Å². The molecule has 0 saturated heterocycles. The van der Waals surface area contributed by atoms with Gasteiger partial charge in [-0.05, 0) is 44.0 Å². The highest BCUT2D eigenvalue weighted by atomic mass is 32.2. The Balaban J connectivity index is 1.34. The highest BCUT2D eigenvalue weighted by Crippen LogP contribution is 2.42. The van der Waals surface area contributed by atoms with E-state index in [9.17, 15) is 8.42 Å². The average molecular weight is 578 g/mol. The minimum atomic E-state index is -4.28. The zero-order valence-electron chi connectivity index (χ0n) is 22.7. The monoisotopic (exact) mass is 577 g/mol. The van der Waals surface area contributed by atoms with E-state index in [2.05, 4.69) is 35.4 Å². The third-order valence-corrected chi connectivity index (χ3v) is 8.08. The van der Waals surface area contributed by atoms with Crippen LogP contribution in [0.1, 0.15) is 30.1 Å². The van der Waals surface area contributed by atoms with E-state index >= 15 is 0 Å². The average Bonchev–Trinajstić information content (AvgIpc) is 3.61. The van der Waals surface area contributed by atoms with Gasteiger partial charge in [0.15, 0.2) is 27.9 Å². The fraction of sp³-hybridized carbons (Fsp3) is 0.259. The number of hydrogen-bond donors (Lipinski definition) is 3. The lowest BCUT2D eigenvalue weighted by Crippen LogP contribution is -2.16. The number of nitrogens with one attached hydrogen (secondary N) is 3. The maximum Gasteiger partial charge on any atom is 0.270 e. The van der Waals surface area contributed by atoms with Crippen LogP contribution in [0.15, 0.2) is 52.0 Å². The fourth-order valence-electron chi connectivity index (χ4n) is 4.49. The first-order chi connectivity index (χ1) is 19.8. The molecule has 0 aliphatic heterocycles. The molecule has 212 valence electrons. The third-order valence-electron chi connectivity index (χ3n) is 6.68. The van der Waals surface area contributed by atoms with E-state index in [4.69, 9.17) is 18.7 Å². The summed E-state index contributed by atoms with van der Waals surface area (Å²) in [6.07, 6.45) is 3.92. The second-order valence-corrected chi connectivity index (χ2v) is 11.1. The lowest BCUT2D eigenvalue weighted by molar-refractivity contribution is 0.374.